The molecule has 10 heteroatoms. The fourth-order valence-corrected chi connectivity index (χ4v) is 5.22. The molecule has 38 heavy (non-hydrogen) atoms. The number of rotatable bonds is 8. The first-order valence-electron chi connectivity index (χ1n) is 13.1. The van der Waals surface area contributed by atoms with Crippen molar-refractivity contribution in [3.8, 4) is 11.3 Å². The minimum absolute atomic E-state index is 0. The summed E-state index contributed by atoms with van der Waals surface area (Å²) in [6, 6.07) is 16.0. The van der Waals surface area contributed by atoms with Gasteiger partial charge in [-0.25, -0.2) is 9.97 Å². The Hall–Kier alpha value is -2.91. The number of ether oxygens (including phenoxy) is 1. The van der Waals surface area contributed by atoms with E-state index >= 15 is 0 Å². The Labute approximate surface area is 234 Å². The number of anilines is 3. The third kappa shape index (κ3) is 6.21. The molecule has 2 fully saturated rings. The number of halogens is 2. The van der Waals surface area contributed by atoms with Gasteiger partial charge in [-0.15, -0.1) is 12.4 Å². The van der Waals surface area contributed by atoms with E-state index in [1.165, 1.54) is 25.9 Å². The van der Waals surface area contributed by atoms with E-state index in [2.05, 4.69) is 42.9 Å². The Morgan fingerprint density at radius 2 is 1.68 bits per heavy atom. The molecule has 4 aromatic rings. The number of nitrogens with zero attached hydrogens (tertiary/aromatic N) is 6. The third-order valence-electron chi connectivity index (χ3n) is 7.11. The molecule has 2 saturated heterocycles. The Morgan fingerprint density at radius 1 is 0.895 bits per heavy atom. The molecule has 0 bridgehead atoms. The maximum atomic E-state index is 6.08. The molecule has 6 rings (SSSR count). The second-order valence-electron chi connectivity index (χ2n) is 9.71. The van der Waals surface area contributed by atoms with Crippen LogP contribution < -0.4 is 10.2 Å². The monoisotopic (exact) mass is 553 g/mol. The highest BCUT2D eigenvalue weighted by molar-refractivity contribution is 6.30. The van der Waals surface area contributed by atoms with E-state index in [4.69, 9.17) is 26.3 Å². The SMILES string of the molecule is Cl.Clc1ccc(Nc2cc(-c3ccc4ncn(CCCN5CCCC5)c4c3)nc(N3CCOCC3)n2)cc1. The van der Waals surface area contributed by atoms with Crippen LogP contribution in [0.4, 0.5) is 17.5 Å². The van der Waals surface area contributed by atoms with E-state index in [0.29, 0.717) is 24.2 Å². The summed E-state index contributed by atoms with van der Waals surface area (Å²) in [5.74, 6) is 1.45. The number of nitrogens with one attached hydrogen (secondary N) is 1. The predicted molar refractivity (Wildman–Crippen MR) is 156 cm³/mol. The van der Waals surface area contributed by atoms with E-state index in [0.717, 1.165) is 66.4 Å². The summed E-state index contributed by atoms with van der Waals surface area (Å²) in [4.78, 5) is 19.2. The van der Waals surface area contributed by atoms with Gasteiger partial charge in [0.2, 0.25) is 5.95 Å². The predicted octanol–water partition coefficient (Wildman–Crippen LogP) is 5.63. The van der Waals surface area contributed by atoms with Gasteiger partial charge < -0.3 is 24.4 Å². The first-order valence-corrected chi connectivity index (χ1v) is 13.5. The molecule has 0 atom stereocenters. The van der Waals surface area contributed by atoms with Gasteiger partial charge in [0, 0.05) is 42.0 Å². The van der Waals surface area contributed by atoms with Crippen molar-refractivity contribution in [2.75, 3.05) is 56.2 Å². The van der Waals surface area contributed by atoms with Crippen molar-refractivity contribution in [3.05, 3.63) is 59.9 Å². The highest BCUT2D eigenvalue weighted by Crippen LogP contribution is 2.28. The molecule has 8 nitrogen and oxygen atoms in total. The van der Waals surface area contributed by atoms with Crippen molar-refractivity contribution < 1.29 is 4.74 Å². The van der Waals surface area contributed by atoms with E-state index in [-0.39, 0.29) is 12.4 Å². The van der Waals surface area contributed by atoms with Crippen LogP contribution in [0.1, 0.15) is 19.3 Å². The number of fused-ring (bicyclic) bond motifs is 1. The van der Waals surface area contributed by atoms with Crippen molar-refractivity contribution in [2.24, 2.45) is 0 Å². The van der Waals surface area contributed by atoms with Gasteiger partial charge in [-0.1, -0.05) is 17.7 Å². The van der Waals surface area contributed by atoms with Crippen LogP contribution in [0.3, 0.4) is 0 Å². The number of hydrogen-bond donors (Lipinski definition) is 1. The average molecular weight is 555 g/mol. The maximum Gasteiger partial charge on any atom is 0.228 e. The fraction of sp³-hybridized carbons (Fsp3) is 0.393. The maximum absolute atomic E-state index is 6.08. The molecular formula is C28H33Cl2N7O. The molecule has 2 aromatic heterocycles. The summed E-state index contributed by atoms with van der Waals surface area (Å²) >= 11 is 6.08. The number of benzene rings is 2. The van der Waals surface area contributed by atoms with Crippen LogP contribution in [0.5, 0.6) is 0 Å². The lowest BCUT2D eigenvalue weighted by Gasteiger charge is -2.27. The molecule has 1 N–H and O–H groups in total. The van der Waals surface area contributed by atoms with Crippen LogP contribution in [0.15, 0.2) is 54.9 Å². The summed E-state index contributed by atoms with van der Waals surface area (Å²) in [7, 11) is 0. The van der Waals surface area contributed by atoms with Gasteiger partial charge in [0.25, 0.3) is 0 Å². The van der Waals surface area contributed by atoms with Crippen molar-refractivity contribution in [1.29, 1.82) is 0 Å². The first kappa shape index (κ1) is 26.7. The summed E-state index contributed by atoms with van der Waals surface area (Å²) in [5, 5.41) is 4.13. The molecule has 4 heterocycles. The molecule has 2 aliphatic heterocycles. The Balaban J connectivity index is 0.00000294. The minimum Gasteiger partial charge on any atom is -0.378 e. The van der Waals surface area contributed by atoms with Crippen LogP contribution >= 0.6 is 24.0 Å². The summed E-state index contributed by atoms with van der Waals surface area (Å²) in [6.07, 6.45) is 5.75. The zero-order valence-corrected chi connectivity index (χ0v) is 22.9. The van der Waals surface area contributed by atoms with Gasteiger partial charge in [0.1, 0.15) is 5.82 Å². The Morgan fingerprint density at radius 3 is 2.47 bits per heavy atom. The van der Waals surface area contributed by atoms with Gasteiger partial charge in [-0.3, -0.25) is 0 Å². The van der Waals surface area contributed by atoms with Crippen LogP contribution in [-0.2, 0) is 11.3 Å². The van der Waals surface area contributed by atoms with E-state index in [1.54, 1.807) is 0 Å². The van der Waals surface area contributed by atoms with Crippen molar-refractivity contribution in [2.45, 2.75) is 25.8 Å². The molecular weight excluding hydrogens is 521 g/mol. The smallest absolute Gasteiger partial charge is 0.228 e. The average Bonchev–Trinajstić information content (AvgIpc) is 3.60. The molecule has 0 saturated carbocycles. The fourth-order valence-electron chi connectivity index (χ4n) is 5.10. The van der Waals surface area contributed by atoms with Crippen LogP contribution in [0.25, 0.3) is 22.3 Å². The topological polar surface area (TPSA) is 71.3 Å². The number of hydrogen-bond acceptors (Lipinski definition) is 7. The third-order valence-corrected chi connectivity index (χ3v) is 7.37. The highest BCUT2D eigenvalue weighted by atomic mass is 35.5. The van der Waals surface area contributed by atoms with Crippen LogP contribution in [0, 0.1) is 0 Å². The zero-order valence-electron chi connectivity index (χ0n) is 21.4. The molecule has 2 aromatic carbocycles. The van der Waals surface area contributed by atoms with E-state index in [1.807, 2.05) is 36.7 Å². The number of aromatic nitrogens is 4. The number of morpholine rings is 1. The molecule has 200 valence electrons. The van der Waals surface area contributed by atoms with Gasteiger partial charge in [0.15, 0.2) is 0 Å². The second kappa shape index (κ2) is 12.3. The molecule has 0 amide bonds. The van der Waals surface area contributed by atoms with Gasteiger partial charge in [-0.05, 0) is 75.3 Å². The summed E-state index contributed by atoms with van der Waals surface area (Å²) in [6.45, 7) is 7.48. The number of likely N-dealkylation sites (tertiary alicyclic amines) is 1. The number of aryl methyl sites for hydroxylation is 1. The van der Waals surface area contributed by atoms with Gasteiger partial charge in [-0.2, -0.15) is 4.98 Å². The first-order chi connectivity index (χ1) is 18.2. The van der Waals surface area contributed by atoms with Crippen molar-refractivity contribution in [1.82, 2.24) is 24.4 Å². The van der Waals surface area contributed by atoms with Crippen molar-refractivity contribution >= 4 is 52.5 Å². The normalized spacial score (nSPS) is 16.1. The lowest BCUT2D eigenvalue weighted by atomic mass is 10.1. The summed E-state index contributed by atoms with van der Waals surface area (Å²) in [5.41, 5.74) is 4.99. The Bertz CT molecular complexity index is 1350. The minimum atomic E-state index is 0. The molecule has 0 radical (unpaired) electrons. The van der Waals surface area contributed by atoms with Gasteiger partial charge >= 0.3 is 0 Å². The molecule has 0 aliphatic carbocycles. The van der Waals surface area contributed by atoms with E-state index < -0.39 is 0 Å². The lowest BCUT2D eigenvalue weighted by Crippen LogP contribution is -2.37. The van der Waals surface area contributed by atoms with Crippen molar-refractivity contribution in [3.63, 3.8) is 0 Å². The molecule has 0 unspecified atom stereocenters. The molecule has 0 spiro atoms. The highest BCUT2D eigenvalue weighted by Gasteiger charge is 2.17. The summed E-state index contributed by atoms with van der Waals surface area (Å²) < 4.78 is 7.82. The quantitative estimate of drug-likeness (QED) is 0.303. The van der Waals surface area contributed by atoms with Crippen LogP contribution in [-0.4, -0.2) is 70.4 Å². The zero-order chi connectivity index (χ0) is 25.0. The standard InChI is InChI=1S/C28H32ClN7O.ClH/c29-22-5-7-23(8-6-22)31-27-19-25(32-28(33-27)35-14-16-37-17-15-35)21-4-9-24-26(18-21)36(20-30-24)13-3-12-34-10-1-2-11-34;/h4-9,18-20H,1-3,10-17H2,(H,31,32,33);1H. The Kier molecular flexibility index (Phi) is 8.64. The second-order valence-corrected chi connectivity index (χ2v) is 10.1. The largest absolute Gasteiger partial charge is 0.378 e. The van der Waals surface area contributed by atoms with E-state index in [9.17, 15) is 0 Å². The number of imidazole rings is 1. The molecule has 2 aliphatic rings. The lowest BCUT2D eigenvalue weighted by molar-refractivity contribution is 0.122. The van der Waals surface area contributed by atoms with Crippen LogP contribution in [0.2, 0.25) is 5.02 Å². The van der Waals surface area contributed by atoms with Gasteiger partial charge in [0.05, 0.1) is 36.3 Å².